The SMILES string of the molecule is CC(C)(C)C1CC2CCC1(C(C)(C)C)C2. The molecule has 0 aromatic heterocycles. The van der Waals surface area contributed by atoms with Crippen LogP contribution in [0.2, 0.25) is 0 Å². The normalized spacial score (nSPS) is 41.2. The fourth-order valence-electron chi connectivity index (χ4n) is 4.64. The van der Waals surface area contributed by atoms with E-state index in [1.807, 2.05) is 0 Å². The molecule has 0 heterocycles. The Hall–Kier alpha value is 0. The molecule has 0 radical (unpaired) electrons. The van der Waals surface area contributed by atoms with E-state index >= 15 is 0 Å². The highest BCUT2D eigenvalue weighted by Gasteiger charge is 2.59. The van der Waals surface area contributed by atoms with Gasteiger partial charge in [-0.3, -0.25) is 0 Å². The molecule has 88 valence electrons. The summed E-state index contributed by atoms with van der Waals surface area (Å²) < 4.78 is 0. The molecule has 0 nitrogen and oxygen atoms in total. The Morgan fingerprint density at radius 1 is 1.00 bits per heavy atom. The minimum absolute atomic E-state index is 0.496. The molecule has 2 aliphatic rings. The monoisotopic (exact) mass is 208 g/mol. The maximum absolute atomic E-state index is 2.47. The third-order valence-electron chi connectivity index (χ3n) is 5.43. The summed E-state index contributed by atoms with van der Waals surface area (Å²) in [4.78, 5) is 0. The van der Waals surface area contributed by atoms with Crippen LogP contribution in [0.25, 0.3) is 0 Å². The molecule has 2 rings (SSSR count). The van der Waals surface area contributed by atoms with Crippen molar-refractivity contribution < 1.29 is 0 Å². The van der Waals surface area contributed by atoms with E-state index < -0.39 is 0 Å². The van der Waals surface area contributed by atoms with E-state index in [9.17, 15) is 0 Å². The van der Waals surface area contributed by atoms with Crippen LogP contribution in [0, 0.1) is 28.1 Å². The van der Waals surface area contributed by atoms with Gasteiger partial charge in [-0.25, -0.2) is 0 Å². The number of hydrogen-bond acceptors (Lipinski definition) is 0. The van der Waals surface area contributed by atoms with Gasteiger partial charge >= 0.3 is 0 Å². The van der Waals surface area contributed by atoms with Gasteiger partial charge in [0.1, 0.15) is 0 Å². The zero-order chi connectivity index (χ0) is 11.5. The van der Waals surface area contributed by atoms with E-state index in [0.29, 0.717) is 16.2 Å². The maximum atomic E-state index is 2.47. The van der Waals surface area contributed by atoms with E-state index in [1.54, 1.807) is 0 Å². The van der Waals surface area contributed by atoms with Gasteiger partial charge in [0, 0.05) is 0 Å². The largest absolute Gasteiger partial charge is 0.0599 e. The lowest BCUT2D eigenvalue weighted by molar-refractivity contribution is -0.0198. The van der Waals surface area contributed by atoms with Crippen LogP contribution < -0.4 is 0 Å². The van der Waals surface area contributed by atoms with Crippen molar-refractivity contribution in [3.8, 4) is 0 Å². The number of hydrogen-bond donors (Lipinski definition) is 0. The first-order valence-electron chi connectivity index (χ1n) is 6.67. The van der Waals surface area contributed by atoms with Crippen LogP contribution in [-0.4, -0.2) is 0 Å². The van der Waals surface area contributed by atoms with Gasteiger partial charge in [-0.15, -0.1) is 0 Å². The zero-order valence-corrected chi connectivity index (χ0v) is 11.5. The molecule has 2 saturated carbocycles. The highest BCUT2D eigenvalue weighted by Crippen LogP contribution is 2.68. The molecule has 0 aliphatic heterocycles. The van der Waals surface area contributed by atoms with Crippen molar-refractivity contribution in [2.45, 2.75) is 67.2 Å². The van der Waals surface area contributed by atoms with Crippen LogP contribution in [-0.2, 0) is 0 Å². The van der Waals surface area contributed by atoms with E-state index in [0.717, 1.165) is 11.8 Å². The molecule has 0 aromatic carbocycles. The van der Waals surface area contributed by atoms with Crippen molar-refractivity contribution in [3.63, 3.8) is 0 Å². The van der Waals surface area contributed by atoms with Crippen molar-refractivity contribution in [2.75, 3.05) is 0 Å². The maximum Gasteiger partial charge on any atom is -0.0213 e. The summed E-state index contributed by atoms with van der Waals surface area (Å²) in [6.45, 7) is 14.8. The molecular formula is C15H28. The average Bonchev–Trinajstić information content (AvgIpc) is 2.57. The summed E-state index contributed by atoms with van der Waals surface area (Å²) in [5.41, 5.74) is 1.65. The average molecular weight is 208 g/mol. The van der Waals surface area contributed by atoms with E-state index in [4.69, 9.17) is 0 Å². The summed E-state index contributed by atoms with van der Waals surface area (Å²) in [6, 6.07) is 0. The Morgan fingerprint density at radius 2 is 1.60 bits per heavy atom. The molecule has 0 N–H and O–H groups in total. The number of rotatable bonds is 0. The molecule has 0 saturated heterocycles. The molecule has 2 fully saturated rings. The van der Waals surface area contributed by atoms with Gasteiger partial charge in [0.25, 0.3) is 0 Å². The molecule has 0 aromatic rings. The lowest BCUT2D eigenvalue weighted by Crippen LogP contribution is -2.43. The fraction of sp³-hybridized carbons (Fsp3) is 1.00. The molecule has 15 heavy (non-hydrogen) atoms. The predicted molar refractivity (Wildman–Crippen MR) is 66.8 cm³/mol. The van der Waals surface area contributed by atoms with Crippen molar-refractivity contribution >= 4 is 0 Å². The van der Waals surface area contributed by atoms with Crippen LogP contribution in [0.15, 0.2) is 0 Å². The van der Waals surface area contributed by atoms with Crippen LogP contribution in [0.3, 0.4) is 0 Å². The summed E-state index contributed by atoms with van der Waals surface area (Å²) in [6.07, 6.45) is 6.01. The molecule has 3 atom stereocenters. The van der Waals surface area contributed by atoms with Crippen molar-refractivity contribution in [1.82, 2.24) is 0 Å². The molecule has 2 bridgehead atoms. The van der Waals surface area contributed by atoms with Crippen LogP contribution >= 0.6 is 0 Å². The summed E-state index contributed by atoms with van der Waals surface area (Å²) in [5.74, 6) is 2.00. The van der Waals surface area contributed by atoms with Crippen molar-refractivity contribution in [1.29, 1.82) is 0 Å². The lowest BCUT2D eigenvalue weighted by atomic mass is 9.54. The second-order valence-electron chi connectivity index (χ2n) is 8.17. The van der Waals surface area contributed by atoms with E-state index in [2.05, 4.69) is 41.5 Å². The minimum Gasteiger partial charge on any atom is -0.0599 e. The topological polar surface area (TPSA) is 0 Å². The van der Waals surface area contributed by atoms with E-state index in [1.165, 1.54) is 25.7 Å². The third-order valence-corrected chi connectivity index (χ3v) is 5.43. The second-order valence-corrected chi connectivity index (χ2v) is 8.17. The summed E-state index contributed by atoms with van der Waals surface area (Å²) >= 11 is 0. The fourth-order valence-corrected chi connectivity index (χ4v) is 4.64. The first kappa shape index (κ1) is 11.5. The van der Waals surface area contributed by atoms with Gasteiger partial charge in [0.05, 0.1) is 0 Å². The Morgan fingerprint density at radius 3 is 1.93 bits per heavy atom. The smallest absolute Gasteiger partial charge is 0.0213 e. The molecule has 0 spiro atoms. The highest BCUT2D eigenvalue weighted by molar-refractivity contribution is 5.09. The van der Waals surface area contributed by atoms with Crippen molar-refractivity contribution in [2.24, 2.45) is 28.1 Å². The minimum atomic E-state index is 0.496. The summed E-state index contributed by atoms with van der Waals surface area (Å²) in [7, 11) is 0. The molecule has 2 aliphatic carbocycles. The number of fused-ring (bicyclic) bond motifs is 2. The molecule has 0 amide bonds. The predicted octanol–water partition coefficient (Wildman–Crippen LogP) is 4.89. The van der Waals surface area contributed by atoms with Gasteiger partial charge in [-0.2, -0.15) is 0 Å². The zero-order valence-electron chi connectivity index (χ0n) is 11.5. The van der Waals surface area contributed by atoms with Gasteiger partial charge in [-0.1, -0.05) is 41.5 Å². The second kappa shape index (κ2) is 3.02. The Kier molecular flexibility index (Phi) is 2.31. The van der Waals surface area contributed by atoms with E-state index in [-0.39, 0.29) is 0 Å². The van der Waals surface area contributed by atoms with Crippen molar-refractivity contribution in [3.05, 3.63) is 0 Å². The molecular weight excluding hydrogens is 180 g/mol. The first-order chi connectivity index (χ1) is 6.67. The van der Waals surface area contributed by atoms with Gasteiger partial charge in [0.2, 0.25) is 0 Å². The highest BCUT2D eigenvalue weighted by atomic mass is 14.6. The van der Waals surface area contributed by atoms with Crippen LogP contribution in [0.4, 0.5) is 0 Å². The van der Waals surface area contributed by atoms with Gasteiger partial charge in [-0.05, 0) is 53.8 Å². The quantitative estimate of drug-likeness (QED) is 0.532. The van der Waals surface area contributed by atoms with Crippen LogP contribution in [0.5, 0.6) is 0 Å². The Bertz CT molecular complexity index is 250. The van der Waals surface area contributed by atoms with Gasteiger partial charge < -0.3 is 0 Å². The van der Waals surface area contributed by atoms with Crippen LogP contribution in [0.1, 0.15) is 67.2 Å². The Balaban J connectivity index is 2.36. The standard InChI is InChI=1S/C15H28/c1-13(2,3)12-9-11-7-8-15(12,10-11)14(4,5)6/h11-12H,7-10H2,1-6H3. The third kappa shape index (κ3) is 1.56. The van der Waals surface area contributed by atoms with Gasteiger partial charge in [0.15, 0.2) is 0 Å². The lowest BCUT2D eigenvalue weighted by Gasteiger charge is -2.51. The Labute approximate surface area is 95.8 Å². The summed E-state index contributed by atoms with van der Waals surface area (Å²) in [5, 5.41) is 0. The first-order valence-corrected chi connectivity index (χ1v) is 6.67. The molecule has 3 unspecified atom stereocenters. The molecule has 0 heteroatoms.